The van der Waals surface area contributed by atoms with Gasteiger partial charge in [-0.15, -0.1) is 0 Å². The van der Waals surface area contributed by atoms with Gasteiger partial charge >= 0.3 is 0 Å². The number of hydrogen-bond donors (Lipinski definition) is 3. The van der Waals surface area contributed by atoms with Crippen molar-refractivity contribution in [2.75, 3.05) is 31.4 Å². The van der Waals surface area contributed by atoms with E-state index in [2.05, 4.69) is 46.6 Å². The molecule has 0 fully saturated rings. The summed E-state index contributed by atoms with van der Waals surface area (Å²) in [6, 6.07) is 2.27. The second-order valence-corrected chi connectivity index (χ2v) is 4.50. The molecule has 0 aromatic carbocycles. The Balaban J connectivity index is 2.58. The van der Waals surface area contributed by atoms with Crippen LogP contribution in [0.25, 0.3) is 0 Å². The molecule has 1 aromatic rings. The zero-order valence-corrected chi connectivity index (χ0v) is 11.0. The SMILES string of the molecule is Cc1cc(NC(C)CCN(C)C)nc(NN)n1. The van der Waals surface area contributed by atoms with Gasteiger partial charge in [-0.25, -0.2) is 10.8 Å². The first-order valence-corrected chi connectivity index (χ1v) is 5.75. The minimum atomic E-state index is 0.359. The van der Waals surface area contributed by atoms with Crippen molar-refractivity contribution in [3.8, 4) is 0 Å². The van der Waals surface area contributed by atoms with Crippen molar-refractivity contribution in [1.82, 2.24) is 14.9 Å². The Kier molecular flexibility index (Phi) is 5.11. The average molecular weight is 238 g/mol. The Bertz CT molecular complexity index is 352. The molecule has 1 unspecified atom stereocenters. The lowest BCUT2D eigenvalue weighted by Crippen LogP contribution is -2.23. The van der Waals surface area contributed by atoms with Gasteiger partial charge in [-0.05, 0) is 40.9 Å². The summed E-state index contributed by atoms with van der Waals surface area (Å²) in [5.74, 6) is 6.55. The van der Waals surface area contributed by atoms with E-state index < -0.39 is 0 Å². The van der Waals surface area contributed by atoms with Gasteiger partial charge in [-0.3, -0.25) is 5.43 Å². The Hall–Kier alpha value is -1.40. The molecule has 1 atom stereocenters. The number of aromatic nitrogens is 2. The minimum absolute atomic E-state index is 0.359. The molecule has 0 bridgehead atoms. The first kappa shape index (κ1) is 13.7. The fraction of sp³-hybridized carbons (Fsp3) is 0.636. The molecular weight excluding hydrogens is 216 g/mol. The number of anilines is 2. The lowest BCUT2D eigenvalue weighted by molar-refractivity contribution is 0.390. The molecule has 1 rings (SSSR count). The summed E-state index contributed by atoms with van der Waals surface area (Å²) in [6.45, 7) is 5.09. The maximum atomic E-state index is 5.31. The standard InChI is InChI=1S/C11H22N6/c1-8(5-6-17(3)4)13-10-7-9(2)14-11(15-10)16-12/h7-8H,5-6,12H2,1-4H3,(H2,13,14,15,16). The monoisotopic (exact) mass is 238 g/mol. The van der Waals surface area contributed by atoms with E-state index in [-0.39, 0.29) is 0 Å². The summed E-state index contributed by atoms with van der Waals surface area (Å²) in [7, 11) is 4.13. The van der Waals surface area contributed by atoms with Gasteiger partial charge in [-0.1, -0.05) is 0 Å². The molecule has 17 heavy (non-hydrogen) atoms. The topological polar surface area (TPSA) is 79.1 Å². The molecule has 0 spiro atoms. The van der Waals surface area contributed by atoms with Crippen LogP contribution in [0, 0.1) is 6.92 Å². The molecule has 4 N–H and O–H groups in total. The van der Waals surface area contributed by atoms with Crippen LogP contribution in [0.4, 0.5) is 11.8 Å². The molecule has 0 radical (unpaired) electrons. The van der Waals surface area contributed by atoms with Crippen LogP contribution in [0.1, 0.15) is 19.0 Å². The van der Waals surface area contributed by atoms with Crippen molar-refractivity contribution in [2.24, 2.45) is 5.84 Å². The van der Waals surface area contributed by atoms with Crippen LogP contribution in [-0.2, 0) is 0 Å². The van der Waals surface area contributed by atoms with Crippen molar-refractivity contribution >= 4 is 11.8 Å². The third-order valence-electron chi connectivity index (χ3n) is 2.39. The summed E-state index contributed by atoms with van der Waals surface area (Å²) in [4.78, 5) is 10.5. The summed E-state index contributed by atoms with van der Waals surface area (Å²) in [6.07, 6.45) is 1.06. The molecule has 0 amide bonds. The van der Waals surface area contributed by atoms with Crippen LogP contribution in [-0.4, -0.2) is 41.5 Å². The zero-order chi connectivity index (χ0) is 12.8. The number of nitrogen functional groups attached to an aromatic ring is 1. The highest BCUT2D eigenvalue weighted by atomic mass is 15.3. The summed E-state index contributed by atoms with van der Waals surface area (Å²) < 4.78 is 0. The Morgan fingerprint density at radius 2 is 2.12 bits per heavy atom. The molecule has 1 aromatic heterocycles. The number of hydrogen-bond acceptors (Lipinski definition) is 6. The van der Waals surface area contributed by atoms with Crippen molar-refractivity contribution in [1.29, 1.82) is 0 Å². The van der Waals surface area contributed by atoms with Crippen LogP contribution >= 0.6 is 0 Å². The second kappa shape index (κ2) is 6.36. The number of hydrazine groups is 1. The first-order valence-electron chi connectivity index (χ1n) is 5.75. The maximum absolute atomic E-state index is 5.31. The van der Waals surface area contributed by atoms with E-state index >= 15 is 0 Å². The number of nitrogens with zero attached hydrogens (tertiary/aromatic N) is 3. The molecule has 0 aliphatic heterocycles. The van der Waals surface area contributed by atoms with E-state index in [4.69, 9.17) is 5.84 Å². The summed E-state index contributed by atoms with van der Waals surface area (Å²) >= 11 is 0. The molecule has 6 heteroatoms. The number of nitrogens with two attached hydrogens (primary N) is 1. The summed E-state index contributed by atoms with van der Waals surface area (Å²) in [5, 5.41) is 3.34. The summed E-state index contributed by atoms with van der Waals surface area (Å²) in [5.41, 5.74) is 3.35. The predicted octanol–water partition coefficient (Wildman–Crippen LogP) is 0.823. The number of aryl methyl sites for hydroxylation is 1. The van der Waals surface area contributed by atoms with Gasteiger partial charge < -0.3 is 10.2 Å². The third-order valence-corrected chi connectivity index (χ3v) is 2.39. The van der Waals surface area contributed by atoms with Gasteiger partial charge in [-0.2, -0.15) is 4.98 Å². The molecule has 0 saturated carbocycles. The average Bonchev–Trinajstić information content (AvgIpc) is 2.25. The molecule has 1 heterocycles. The van der Waals surface area contributed by atoms with Gasteiger partial charge in [0.1, 0.15) is 5.82 Å². The van der Waals surface area contributed by atoms with Crippen LogP contribution in [0.15, 0.2) is 6.07 Å². The van der Waals surface area contributed by atoms with E-state index in [0.717, 1.165) is 24.5 Å². The Morgan fingerprint density at radius 1 is 1.41 bits per heavy atom. The Morgan fingerprint density at radius 3 is 2.71 bits per heavy atom. The lowest BCUT2D eigenvalue weighted by atomic mass is 10.2. The second-order valence-electron chi connectivity index (χ2n) is 4.50. The molecule has 6 nitrogen and oxygen atoms in total. The highest BCUT2D eigenvalue weighted by Crippen LogP contribution is 2.11. The normalized spacial score (nSPS) is 12.6. The van der Waals surface area contributed by atoms with Crippen LogP contribution in [0.5, 0.6) is 0 Å². The van der Waals surface area contributed by atoms with Gasteiger partial charge in [0.25, 0.3) is 0 Å². The largest absolute Gasteiger partial charge is 0.367 e. The fourth-order valence-corrected chi connectivity index (χ4v) is 1.48. The van der Waals surface area contributed by atoms with E-state index in [1.165, 1.54) is 0 Å². The molecule has 0 aliphatic rings. The van der Waals surface area contributed by atoms with Crippen LogP contribution < -0.4 is 16.6 Å². The predicted molar refractivity (Wildman–Crippen MR) is 70.8 cm³/mol. The van der Waals surface area contributed by atoms with Crippen molar-refractivity contribution in [3.05, 3.63) is 11.8 Å². The zero-order valence-electron chi connectivity index (χ0n) is 11.0. The maximum Gasteiger partial charge on any atom is 0.239 e. The lowest BCUT2D eigenvalue weighted by Gasteiger charge is -2.17. The number of rotatable bonds is 6. The van der Waals surface area contributed by atoms with E-state index in [9.17, 15) is 0 Å². The molecule has 0 aliphatic carbocycles. The third kappa shape index (κ3) is 4.97. The van der Waals surface area contributed by atoms with Gasteiger partial charge in [0, 0.05) is 17.8 Å². The molecule has 0 saturated heterocycles. The van der Waals surface area contributed by atoms with Gasteiger partial charge in [0.15, 0.2) is 0 Å². The van der Waals surface area contributed by atoms with Gasteiger partial charge in [0.2, 0.25) is 5.95 Å². The van der Waals surface area contributed by atoms with Gasteiger partial charge in [0.05, 0.1) is 0 Å². The minimum Gasteiger partial charge on any atom is -0.367 e. The number of nitrogens with one attached hydrogen (secondary N) is 2. The van der Waals surface area contributed by atoms with E-state index in [0.29, 0.717) is 12.0 Å². The smallest absolute Gasteiger partial charge is 0.239 e. The molecular formula is C11H22N6. The van der Waals surface area contributed by atoms with Crippen molar-refractivity contribution < 1.29 is 0 Å². The van der Waals surface area contributed by atoms with E-state index in [1.54, 1.807) is 0 Å². The van der Waals surface area contributed by atoms with E-state index in [1.807, 2.05) is 13.0 Å². The van der Waals surface area contributed by atoms with Crippen LogP contribution in [0.2, 0.25) is 0 Å². The highest BCUT2D eigenvalue weighted by molar-refractivity contribution is 5.42. The fourth-order valence-electron chi connectivity index (χ4n) is 1.48. The quantitative estimate of drug-likeness (QED) is 0.503. The van der Waals surface area contributed by atoms with Crippen molar-refractivity contribution in [3.63, 3.8) is 0 Å². The highest BCUT2D eigenvalue weighted by Gasteiger charge is 2.06. The first-order chi connectivity index (χ1) is 8.01. The Labute approximate surface area is 103 Å². The molecule has 96 valence electrons. The van der Waals surface area contributed by atoms with Crippen molar-refractivity contribution in [2.45, 2.75) is 26.3 Å². The van der Waals surface area contributed by atoms with Crippen LogP contribution in [0.3, 0.4) is 0 Å².